The van der Waals surface area contributed by atoms with Gasteiger partial charge in [-0.3, -0.25) is 9.59 Å². The number of nitrogens with two attached hydrogens (primary N) is 3. The molecule has 18 heteroatoms. The van der Waals surface area contributed by atoms with Crippen molar-refractivity contribution in [3.8, 4) is 0 Å². The molecule has 5 aromatic carbocycles. The van der Waals surface area contributed by atoms with Gasteiger partial charge in [-0.15, -0.1) is 0 Å². The fourth-order valence-corrected chi connectivity index (χ4v) is 7.98. The largest absolute Gasteiger partial charge is 0.369 e. The molecule has 8 rings (SSSR count). The molecule has 11 nitrogen and oxygen atoms in total. The standard InChI is InChI=1S/C17H16ClN3OS.C10H13N3S.C7H4Cl2O.C7H4ClNS.C3H10N2/c18-13-8-6-12(7-9-13)17(22)20-11-3-10-19-16-14-4-1-2-5-15(14)23-21-16;11-6-3-7-12-10-8-4-1-2-5-9(8)14-13-10;8-6-3-1-5(2-4-6)7(9)10;8-7-5-3-1-2-4-6(5)10-9-7;4-2-1-3-5/h1-2,4-9H,3,10-11H2,(H,19,21)(H,20,22);1-2,4-5H,3,6-7,11H2,(H,12,13);2*1-4H;1-5H2. The highest BCUT2D eigenvalue weighted by molar-refractivity contribution is 7.14. The molecule has 3 aromatic heterocycles. The first-order valence-corrected chi connectivity index (χ1v) is 23.2. The predicted molar refractivity (Wildman–Crippen MR) is 267 cm³/mol. The first-order valence-electron chi connectivity index (χ1n) is 19.4. The number of amides is 1. The molecule has 9 N–H and O–H groups in total. The maximum atomic E-state index is 11.9. The zero-order valence-electron chi connectivity index (χ0n) is 33.5. The number of hydrogen-bond acceptors (Lipinski definition) is 13. The van der Waals surface area contributed by atoms with Crippen LogP contribution < -0.4 is 33.2 Å². The van der Waals surface area contributed by atoms with Crippen molar-refractivity contribution in [3.63, 3.8) is 0 Å². The van der Waals surface area contributed by atoms with Gasteiger partial charge in [-0.25, -0.2) is 0 Å². The van der Waals surface area contributed by atoms with Crippen LogP contribution in [0.5, 0.6) is 0 Å². The Morgan fingerprint density at radius 2 is 0.919 bits per heavy atom. The third kappa shape index (κ3) is 17.0. The summed E-state index contributed by atoms with van der Waals surface area (Å²) >= 11 is 26.8. The van der Waals surface area contributed by atoms with Crippen LogP contribution in [0.15, 0.2) is 121 Å². The van der Waals surface area contributed by atoms with Crippen LogP contribution in [0.2, 0.25) is 15.2 Å². The van der Waals surface area contributed by atoms with Crippen molar-refractivity contribution in [2.45, 2.75) is 19.3 Å². The first-order chi connectivity index (χ1) is 30.1. The lowest BCUT2D eigenvalue weighted by Gasteiger charge is -2.06. The summed E-state index contributed by atoms with van der Waals surface area (Å²) in [6.07, 6.45) is 2.75. The molecule has 1 amide bonds. The van der Waals surface area contributed by atoms with Gasteiger partial charge in [0.25, 0.3) is 11.1 Å². The molecule has 0 atom stereocenters. The highest BCUT2D eigenvalue weighted by Gasteiger charge is 2.07. The molecule has 8 aromatic rings. The number of rotatable bonds is 13. The van der Waals surface area contributed by atoms with Crippen molar-refractivity contribution < 1.29 is 9.59 Å². The monoisotopic (exact) mass is 969 g/mol. The molecule has 0 bridgehead atoms. The lowest BCUT2D eigenvalue weighted by Crippen LogP contribution is -2.25. The molecule has 0 radical (unpaired) electrons. The summed E-state index contributed by atoms with van der Waals surface area (Å²) in [5, 5.41) is 14.3. The Kier molecular flexibility index (Phi) is 22.9. The summed E-state index contributed by atoms with van der Waals surface area (Å²) in [5.74, 6) is 1.81. The van der Waals surface area contributed by atoms with Gasteiger partial charge < -0.3 is 33.2 Å². The van der Waals surface area contributed by atoms with Gasteiger partial charge in [-0.2, -0.15) is 13.1 Å². The highest BCUT2D eigenvalue weighted by atomic mass is 35.5. The van der Waals surface area contributed by atoms with Gasteiger partial charge >= 0.3 is 0 Å². The topological polar surface area (TPSA) is 187 Å². The molecule has 0 unspecified atom stereocenters. The molecule has 326 valence electrons. The Balaban J connectivity index is 0.000000186. The van der Waals surface area contributed by atoms with Gasteiger partial charge in [0.1, 0.15) is 11.6 Å². The number of nitrogens with one attached hydrogen (secondary N) is 3. The number of aromatic nitrogens is 3. The lowest BCUT2D eigenvalue weighted by molar-refractivity contribution is 0.0953. The van der Waals surface area contributed by atoms with Crippen molar-refractivity contribution in [3.05, 3.63) is 148 Å². The van der Waals surface area contributed by atoms with Crippen molar-refractivity contribution in [1.29, 1.82) is 0 Å². The van der Waals surface area contributed by atoms with Gasteiger partial charge in [0.15, 0.2) is 5.15 Å². The maximum absolute atomic E-state index is 11.9. The second-order valence-electron chi connectivity index (χ2n) is 12.8. The van der Waals surface area contributed by atoms with Crippen molar-refractivity contribution >= 4 is 134 Å². The van der Waals surface area contributed by atoms with Gasteiger partial charge in [-0.05, 0) is 164 Å². The SMILES string of the molecule is Clc1nsc2ccccc12.NCCCN.NCCCNc1nsc2ccccc12.O=C(Cl)c1ccc(Cl)cc1.O=C(NCCCNc1nsc2ccccc12)c1ccc(Cl)cc1. The minimum Gasteiger partial charge on any atom is -0.369 e. The summed E-state index contributed by atoms with van der Waals surface area (Å²) in [7, 11) is 0. The van der Waals surface area contributed by atoms with E-state index in [1.54, 1.807) is 48.5 Å². The fourth-order valence-electron chi connectivity index (χ4n) is 5.09. The van der Waals surface area contributed by atoms with E-state index in [-0.39, 0.29) is 5.91 Å². The molecular weight excluding hydrogens is 925 g/mol. The van der Waals surface area contributed by atoms with Gasteiger partial charge in [0, 0.05) is 57.0 Å². The number of benzene rings is 5. The molecular formula is C44H47Cl4N9O2S3. The Labute approximate surface area is 393 Å². The minimum atomic E-state index is -0.461. The third-order valence-corrected chi connectivity index (χ3v) is 11.9. The van der Waals surface area contributed by atoms with Crippen molar-refractivity contribution in [2.75, 3.05) is 49.9 Å². The number of anilines is 2. The van der Waals surface area contributed by atoms with Crippen LogP contribution in [0.25, 0.3) is 30.3 Å². The van der Waals surface area contributed by atoms with E-state index < -0.39 is 5.24 Å². The average molecular weight is 972 g/mol. The molecule has 0 saturated heterocycles. The number of carbonyl (C=O) groups excluding carboxylic acids is 2. The van der Waals surface area contributed by atoms with Crippen LogP contribution in [0.1, 0.15) is 40.0 Å². The molecule has 0 spiro atoms. The fraction of sp³-hybridized carbons (Fsp3) is 0.205. The Hall–Kier alpha value is -4.45. The zero-order valence-corrected chi connectivity index (χ0v) is 39.0. The summed E-state index contributed by atoms with van der Waals surface area (Å²) in [6, 6.07) is 37.6. The van der Waals surface area contributed by atoms with E-state index in [1.807, 2.05) is 48.5 Å². The minimum absolute atomic E-state index is 0.0826. The van der Waals surface area contributed by atoms with Crippen LogP contribution in [0.3, 0.4) is 0 Å². The zero-order chi connectivity index (χ0) is 44.5. The molecule has 0 aliphatic carbocycles. The van der Waals surface area contributed by atoms with E-state index in [1.165, 1.54) is 49.4 Å². The highest BCUT2D eigenvalue weighted by Crippen LogP contribution is 2.27. The van der Waals surface area contributed by atoms with E-state index in [0.717, 1.165) is 79.1 Å². The van der Waals surface area contributed by atoms with Crippen LogP contribution in [0, 0.1) is 0 Å². The van der Waals surface area contributed by atoms with E-state index in [9.17, 15) is 9.59 Å². The second-order valence-corrected chi connectivity index (χ2v) is 16.8. The Bertz CT molecular complexity index is 2530. The predicted octanol–water partition coefficient (Wildman–Crippen LogP) is 11.2. The summed E-state index contributed by atoms with van der Waals surface area (Å²) in [4.78, 5) is 22.4. The summed E-state index contributed by atoms with van der Waals surface area (Å²) < 4.78 is 16.3. The van der Waals surface area contributed by atoms with Crippen LogP contribution in [0.4, 0.5) is 11.6 Å². The molecule has 62 heavy (non-hydrogen) atoms. The third-order valence-electron chi connectivity index (χ3n) is 8.28. The van der Waals surface area contributed by atoms with Crippen LogP contribution in [-0.4, -0.2) is 63.5 Å². The van der Waals surface area contributed by atoms with Crippen LogP contribution >= 0.6 is 81.0 Å². The van der Waals surface area contributed by atoms with Gasteiger partial charge in [0.2, 0.25) is 0 Å². The maximum Gasteiger partial charge on any atom is 0.252 e. The van der Waals surface area contributed by atoms with Crippen molar-refractivity contribution in [1.82, 2.24) is 18.4 Å². The summed E-state index contributed by atoms with van der Waals surface area (Å²) in [6.45, 7) is 4.41. The average Bonchev–Trinajstić information content (AvgIpc) is 4.02. The number of halogens is 4. The Morgan fingerprint density at radius 3 is 1.37 bits per heavy atom. The van der Waals surface area contributed by atoms with Crippen molar-refractivity contribution in [2.24, 2.45) is 17.2 Å². The molecule has 0 saturated carbocycles. The van der Waals surface area contributed by atoms with E-state index in [4.69, 9.17) is 63.6 Å². The molecule has 3 heterocycles. The second kappa shape index (κ2) is 28.3. The number of carbonyl (C=O) groups is 2. The van der Waals surface area contributed by atoms with E-state index >= 15 is 0 Å². The smallest absolute Gasteiger partial charge is 0.252 e. The normalized spacial score (nSPS) is 10.2. The van der Waals surface area contributed by atoms with E-state index in [0.29, 0.717) is 32.9 Å². The van der Waals surface area contributed by atoms with Gasteiger partial charge in [0.05, 0.1) is 14.1 Å². The Morgan fingerprint density at radius 1 is 0.500 bits per heavy atom. The molecule has 0 aliphatic heterocycles. The number of hydrogen-bond donors (Lipinski definition) is 6. The number of nitrogens with zero attached hydrogens (tertiary/aromatic N) is 3. The first kappa shape index (κ1) is 50.2. The van der Waals surface area contributed by atoms with E-state index in [2.05, 4.69) is 53.3 Å². The summed E-state index contributed by atoms with van der Waals surface area (Å²) in [5.41, 5.74) is 16.6. The molecule has 0 aliphatic rings. The number of fused-ring (bicyclic) bond motifs is 3. The lowest BCUT2D eigenvalue weighted by atomic mass is 10.2. The van der Waals surface area contributed by atoms with Crippen LogP contribution in [-0.2, 0) is 0 Å². The quantitative estimate of drug-likeness (QED) is 0.0479. The van der Waals surface area contributed by atoms with Gasteiger partial charge in [-0.1, -0.05) is 77.3 Å². The molecule has 0 fully saturated rings.